The quantitative estimate of drug-likeness (QED) is 0.827. The number of carbonyl (C=O) groups excluding carboxylic acids is 1. The first-order valence-corrected chi connectivity index (χ1v) is 7.93. The molecule has 2 saturated heterocycles. The van der Waals surface area contributed by atoms with Gasteiger partial charge in [-0.05, 0) is 37.5 Å². The molecule has 0 aromatic heterocycles. The molecule has 21 heavy (non-hydrogen) atoms. The van der Waals surface area contributed by atoms with Crippen LogP contribution in [-0.2, 0) is 4.79 Å². The number of nitrogens with zero attached hydrogens (tertiary/aromatic N) is 2. The second kappa shape index (κ2) is 6.80. The molecule has 0 aliphatic carbocycles. The molecule has 2 fully saturated rings. The summed E-state index contributed by atoms with van der Waals surface area (Å²) in [6, 6.07) is 6.39. The lowest BCUT2D eigenvalue weighted by molar-refractivity contribution is -0.105. The molecule has 114 valence electrons. The summed E-state index contributed by atoms with van der Waals surface area (Å²) in [5.41, 5.74) is 3.34. The van der Waals surface area contributed by atoms with E-state index in [2.05, 4.69) is 32.6 Å². The standard InChI is InChI=1S/C16H24N4O/c21-13-18-15-5-4-14(19-10-6-17-7-11-19)12-16(15)20-8-2-1-3-9-20/h4-5,12-13,17H,1-3,6-11H2,(H,18,21). The molecule has 0 radical (unpaired) electrons. The topological polar surface area (TPSA) is 47.6 Å². The van der Waals surface area contributed by atoms with E-state index in [4.69, 9.17) is 0 Å². The molecule has 3 rings (SSSR count). The van der Waals surface area contributed by atoms with Crippen LogP contribution in [0.1, 0.15) is 19.3 Å². The molecular formula is C16H24N4O. The maximum atomic E-state index is 10.8. The second-order valence-corrected chi connectivity index (χ2v) is 5.75. The Balaban J connectivity index is 1.87. The molecule has 1 aromatic carbocycles. The first-order valence-electron chi connectivity index (χ1n) is 7.93. The maximum Gasteiger partial charge on any atom is 0.211 e. The van der Waals surface area contributed by atoms with Crippen LogP contribution in [-0.4, -0.2) is 45.7 Å². The Bertz CT molecular complexity index is 479. The number of rotatable bonds is 4. The van der Waals surface area contributed by atoms with Crippen molar-refractivity contribution >= 4 is 23.5 Å². The van der Waals surface area contributed by atoms with Crippen LogP contribution in [0.25, 0.3) is 0 Å². The van der Waals surface area contributed by atoms with Gasteiger partial charge in [-0.15, -0.1) is 0 Å². The van der Waals surface area contributed by atoms with E-state index in [-0.39, 0.29) is 0 Å². The lowest BCUT2D eigenvalue weighted by Gasteiger charge is -2.33. The number of amides is 1. The van der Waals surface area contributed by atoms with Crippen molar-refractivity contribution in [3.63, 3.8) is 0 Å². The zero-order valence-electron chi connectivity index (χ0n) is 12.5. The van der Waals surface area contributed by atoms with Gasteiger partial charge in [0, 0.05) is 45.0 Å². The average Bonchev–Trinajstić information content (AvgIpc) is 2.57. The Morgan fingerprint density at radius 2 is 1.76 bits per heavy atom. The molecule has 2 aliphatic rings. The molecule has 2 N–H and O–H groups in total. The van der Waals surface area contributed by atoms with Gasteiger partial charge in [-0.25, -0.2) is 0 Å². The number of piperidine rings is 1. The fourth-order valence-electron chi connectivity index (χ4n) is 3.22. The smallest absolute Gasteiger partial charge is 0.211 e. The van der Waals surface area contributed by atoms with Gasteiger partial charge < -0.3 is 20.4 Å². The molecule has 2 heterocycles. The van der Waals surface area contributed by atoms with Crippen molar-refractivity contribution < 1.29 is 4.79 Å². The molecule has 5 heteroatoms. The third-order valence-corrected chi connectivity index (χ3v) is 4.37. The van der Waals surface area contributed by atoms with Crippen LogP contribution >= 0.6 is 0 Å². The van der Waals surface area contributed by atoms with E-state index in [1.807, 2.05) is 6.07 Å². The number of carbonyl (C=O) groups is 1. The molecular weight excluding hydrogens is 264 g/mol. The van der Waals surface area contributed by atoms with E-state index in [1.54, 1.807) is 0 Å². The molecule has 0 spiro atoms. The van der Waals surface area contributed by atoms with E-state index in [1.165, 1.54) is 24.9 Å². The van der Waals surface area contributed by atoms with E-state index in [9.17, 15) is 4.79 Å². The van der Waals surface area contributed by atoms with Crippen LogP contribution in [0.15, 0.2) is 18.2 Å². The van der Waals surface area contributed by atoms with Crippen LogP contribution in [0.4, 0.5) is 17.1 Å². The van der Waals surface area contributed by atoms with Crippen molar-refractivity contribution in [2.45, 2.75) is 19.3 Å². The van der Waals surface area contributed by atoms with Crippen molar-refractivity contribution in [1.29, 1.82) is 0 Å². The highest BCUT2D eigenvalue weighted by atomic mass is 16.1. The number of hydrogen-bond acceptors (Lipinski definition) is 4. The summed E-state index contributed by atoms with van der Waals surface area (Å²) in [6.45, 7) is 6.32. The Morgan fingerprint density at radius 1 is 1.00 bits per heavy atom. The predicted octanol–water partition coefficient (Wildman–Crippen LogP) is 1.65. The minimum absolute atomic E-state index is 0.771. The van der Waals surface area contributed by atoms with Gasteiger partial charge in [0.05, 0.1) is 11.4 Å². The third-order valence-electron chi connectivity index (χ3n) is 4.37. The summed E-state index contributed by atoms with van der Waals surface area (Å²) in [5.74, 6) is 0. The van der Waals surface area contributed by atoms with Gasteiger partial charge in [-0.3, -0.25) is 4.79 Å². The minimum atomic E-state index is 0.771. The van der Waals surface area contributed by atoms with Gasteiger partial charge in [0.15, 0.2) is 0 Å². The SMILES string of the molecule is O=CNc1ccc(N2CCNCC2)cc1N1CCCCC1. The lowest BCUT2D eigenvalue weighted by Crippen LogP contribution is -2.43. The van der Waals surface area contributed by atoms with Crippen LogP contribution in [0.5, 0.6) is 0 Å². The van der Waals surface area contributed by atoms with E-state index in [0.717, 1.165) is 57.1 Å². The van der Waals surface area contributed by atoms with Crippen LogP contribution < -0.4 is 20.4 Å². The maximum absolute atomic E-state index is 10.8. The summed E-state index contributed by atoms with van der Waals surface area (Å²) in [5, 5.41) is 6.23. The van der Waals surface area contributed by atoms with Crippen molar-refractivity contribution in [2.75, 3.05) is 54.4 Å². The second-order valence-electron chi connectivity index (χ2n) is 5.75. The Morgan fingerprint density at radius 3 is 2.48 bits per heavy atom. The van der Waals surface area contributed by atoms with E-state index < -0.39 is 0 Å². The largest absolute Gasteiger partial charge is 0.370 e. The van der Waals surface area contributed by atoms with Crippen LogP contribution in [0, 0.1) is 0 Å². The Labute approximate surface area is 126 Å². The predicted molar refractivity (Wildman–Crippen MR) is 87.3 cm³/mol. The van der Waals surface area contributed by atoms with Gasteiger partial charge in [0.2, 0.25) is 6.41 Å². The van der Waals surface area contributed by atoms with Gasteiger partial charge in [-0.2, -0.15) is 0 Å². The molecule has 5 nitrogen and oxygen atoms in total. The number of anilines is 3. The van der Waals surface area contributed by atoms with E-state index >= 15 is 0 Å². The van der Waals surface area contributed by atoms with Gasteiger partial charge in [0.1, 0.15) is 0 Å². The Hall–Kier alpha value is -1.75. The number of nitrogens with one attached hydrogen (secondary N) is 2. The van der Waals surface area contributed by atoms with E-state index in [0.29, 0.717) is 0 Å². The third kappa shape index (κ3) is 3.29. The van der Waals surface area contributed by atoms with Gasteiger partial charge >= 0.3 is 0 Å². The van der Waals surface area contributed by atoms with Crippen LogP contribution in [0.3, 0.4) is 0 Å². The van der Waals surface area contributed by atoms with Gasteiger partial charge in [0.25, 0.3) is 0 Å². The van der Waals surface area contributed by atoms with Crippen molar-refractivity contribution in [1.82, 2.24) is 5.32 Å². The number of hydrogen-bond donors (Lipinski definition) is 2. The molecule has 0 bridgehead atoms. The summed E-state index contributed by atoms with van der Waals surface area (Å²) in [7, 11) is 0. The minimum Gasteiger partial charge on any atom is -0.370 e. The molecule has 0 atom stereocenters. The molecule has 0 saturated carbocycles. The number of benzene rings is 1. The van der Waals surface area contributed by atoms with Crippen molar-refractivity contribution in [3.8, 4) is 0 Å². The average molecular weight is 288 g/mol. The summed E-state index contributed by atoms with van der Waals surface area (Å²) in [4.78, 5) is 15.7. The molecule has 1 aromatic rings. The van der Waals surface area contributed by atoms with Crippen molar-refractivity contribution in [3.05, 3.63) is 18.2 Å². The van der Waals surface area contributed by atoms with Crippen molar-refractivity contribution in [2.24, 2.45) is 0 Å². The molecule has 2 aliphatic heterocycles. The summed E-state index contributed by atoms with van der Waals surface area (Å²) < 4.78 is 0. The fourth-order valence-corrected chi connectivity index (χ4v) is 3.22. The first-order chi connectivity index (χ1) is 10.4. The first kappa shape index (κ1) is 14.2. The molecule has 0 unspecified atom stereocenters. The molecule has 1 amide bonds. The fraction of sp³-hybridized carbons (Fsp3) is 0.562. The highest BCUT2D eigenvalue weighted by molar-refractivity contribution is 5.83. The Kier molecular flexibility index (Phi) is 4.60. The number of piperazine rings is 1. The summed E-state index contributed by atoms with van der Waals surface area (Å²) in [6.07, 6.45) is 4.55. The normalized spacial score (nSPS) is 19.4. The highest BCUT2D eigenvalue weighted by Gasteiger charge is 2.17. The highest BCUT2D eigenvalue weighted by Crippen LogP contribution is 2.32. The zero-order chi connectivity index (χ0) is 14.5. The van der Waals surface area contributed by atoms with Gasteiger partial charge in [-0.1, -0.05) is 0 Å². The van der Waals surface area contributed by atoms with Crippen LogP contribution in [0.2, 0.25) is 0 Å². The monoisotopic (exact) mass is 288 g/mol. The summed E-state index contributed by atoms with van der Waals surface area (Å²) >= 11 is 0. The lowest BCUT2D eigenvalue weighted by atomic mass is 10.1. The zero-order valence-corrected chi connectivity index (χ0v) is 12.5.